The zero-order valence-electron chi connectivity index (χ0n) is 21.4. The lowest BCUT2D eigenvalue weighted by atomic mass is 10.1. The molecule has 0 amide bonds. The number of aromatic nitrogens is 5. The molecule has 0 unspecified atom stereocenters. The van der Waals surface area contributed by atoms with Gasteiger partial charge >= 0.3 is 12.8 Å². The number of nitrogens with one attached hydrogen (secondary N) is 2. The van der Waals surface area contributed by atoms with Gasteiger partial charge in [-0.05, 0) is 23.6 Å². The molecule has 9 nitrogen and oxygen atoms in total. The van der Waals surface area contributed by atoms with E-state index in [0.717, 1.165) is 29.2 Å². The van der Waals surface area contributed by atoms with E-state index < -0.39 is 84.7 Å². The summed E-state index contributed by atoms with van der Waals surface area (Å²) in [7, 11) is 0. The Morgan fingerprint density at radius 1 is 1.02 bits per heavy atom. The fourth-order valence-electron chi connectivity index (χ4n) is 4.17. The molecule has 18 heteroatoms. The second-order valence-electron chi connectivity index (χ2n) is 9.09. The van der Waals surface area contributed by atoms with Gasteiger partial charge < -0.3 is 14.6 Å². The maximum Gasteiger partial charge on any atom is 0.423 e. The Morgan fingerprint density at radius 3 is 2.35 bits per heavy atom. The highest BCUT2D eigenvalue weighted by atomic mass is 19.4. The molecule has 4 rings (SSSR count). The van der Waals surface area contributed by atoms with Crippen LogP contribution in [0.2, 0.25) is 0 Å². The van der Waals surface area contributed by atoms with E-state index in [0.29, 0.717) is 6.20 Å². The molecule has 43 heavy (non-hydrogen) atoms. The summed E-state index contributed by atoms with van der Waals surface area (Å²) >= 11 is 0. The second-order valence-corrected chi connectivity index (χ2v) is 9.09. The quantitative estimate of drug-likeness (QED) is 0.224. The summed E-state index contributed by atoms with van der Waals surface area (Å²) in [6.45, 7) is -5.05. The standard InChI is InChI=1S/C25H19F9N6O3/c26-13(4-14(10-43-24(30)31)38-18-8-37-39-22(41)19(18)25(32,33)34)9-40-2-1-11-3-16(17(27)5-15(11)23(40)42)21-35-6-12(7-36-21)20(28)29/h1-3,5-8,13-14,20,24H,4,9-10H2,(H2,38,39,41)/t13-,14+/m0/s1. The van der Waals surface area contributed by atoms with Gasteiger partial charge in [-0.1, -0.05) is 0 Å². The van der Waals surface area contributed by atoms with Crippen LogP contribution in [0.3, 0.4) is 0 Å². The SMILES string of the molecule is O=c1[nH]ncc(N[C@@H](COC(F)F)C[C@H](F)Cn2ccc3cc(-c4ncc(C(F)F)cn4)c(F)cc3c2=O)c1C(F)(F)F. The van der Waals surface area contributed by atoms with Crippen LogP contribution in [0.4, 0.5) is 45.2 Å². The van der Waals surface area contributed by atoms with E-state index in [1.54, 1.807) is 5.10 Å². The van der Waals surface area contributed by atoms with E-state index in [1.807, 2.05) is 0 Å². The third-order valence-corrected chi connectivity index (χ3v) is 6.09. The Morgan fingerprint density at radius 2 is 1.72 bits per heavy atom. The van der Waals surface area contributed by atoms with Crippen LogP contribution in [0.1, 0.15) is 24.0 Å². The number of halogens is 9. The monoisotopic (exact) mass is 622 g/mol. The van der Waals surface area contributed by atoms with Crippen LogP contribution < -0.4 is 16.4 Å². The van der Waals surface area contributed by atoms with E-state index in [9.17, 15) is 44.7 Å². The summed E-state index contributed by atoms with van der Waals surface area (Å²) in [5.74, 6) is -1.21. The number of benzene rings is 1. The van der Waals surface area contributed by atoms with Gasteiger partial charge in [-0.15, -0.1) is 0 Å². The van der Waals surface area contributed by atoms with Crippen molar-refractivity contribution in [1.82, 2.24) is 24.7 Å². The molecule has 0 saturated carbocycles. The van der Waals surface area contributed by atoms with Crippen molar-refractivity contribution in [3.63, 3.8) is 0 Å². The van der Waals surface area contributed by atoms with Gasteiger partial charge in [0.15, 0.2) is 5.82 Å². The molecule has 3 heterocycles. The molecule has 0 fully saturated rings. The average molecular weight is 622 g/mol. The highest BCUT2D eigenvalue weighted by molar-refractivity contribution is 5.86. The van der Waals surface area contributed by atoms with Crippen molar-refractivity contribution in [2.75, 3.05) is 11.9 Å². The Bertz CT molecular complexity index is 1690. The third-order valence-electron chi connectivity index (χ3n) is 6.09. The lowest BCUT2D eigenvalue weighted by molar-refractivity contribution is -0.138. The fourth-order valence-corrected chi connectivity index (χ4v) is 4.17. The maximum atomic E-state index is 15.1. The maximum absolute atomic E-state index is 15.1. The van der Waals surface area contributed by atoms with Crippen molar-refractivity contribution in [3.8, 4) is 11.4 Å². The number of anilines is 1. The lowest BCUT2D eigenvalue weighted by Crippen LogP contribution is -2.35. The summed E-state index contributed by atoms with van der Waals surface area (Å²) in [5.41, 5.74) is -5.81. The Hall–Kier alpha value is -4.48. The second kappa shape index (κ2) is 12.8. The van der Waals surface area contributed by atoms with Crippen molar-refractivity contribution < 1.29 is 44.3 Å². The van der Waals surface area contributed by atoms with Crippen LogP contribution >= 0.6 is 0 Å². The molecule has 0 saturated heterocycles. The molecule has 3 aromatic heterocycles. The fraction of sp³-hybridized carbons (Fsp3) is 0.320. The van der Waals surface area contributed by atoms with Crippen LogP contribution in [0.25, 0.3) is 22.2 Å². The molecule has 0 aliphatic heterocycles. The Balaban J connectivity index is 1.56. The normalized spacial score (nSPS) is 13.6. The molecule has 0 bridgehead atoms. The molecule has 1 aromatic carbocycles. The van der Waals surface area contributed by atoms with E-state index in [2.05, 4.69) is 25.1 Å². The first-order valence-electron chi connectivity index (χ1n) is 12.1. The van der Waals surface area contributed by atoms with Gasteiger partial charge in [-0.3, -0.25) is 9.59 Å². The number of ether oxygens (including phenoxy) is 1. The van der Waals surface area contributed by atoms with Crippen LogP contribution in [0, 0.1) is 5.82 Å². The highest BCUT2D eigenvalue weighted by Crippen LogP contribution is 2.32. The van der Waals surface area contributed by atoms with E-state index in [4.69, 9.17) is 0 Å². The van der Waals surface area contributed by atoms with Gasteiger partial charge in [0.05, 0.1) is 47.6 Å². The zero-order chi connectivity index (χ0) is 31.5. The number of hydrogen-bond acceptors (Lipinski definition) is 7. The third kappa shape index (κ3) is 7.49. The topological polar surface area (TPSA) is 115 Å². The lowest BCUT2D eigenvalue weighted by Gasteiger charge is -2.23. The molecule has 4 aromatic rings. The first kappa shape index (κ1) is 31.5. The molecule has 230 valence electrons. The first-order chi connectivity index (χ1) is 20.2. The average Bonchev–Trinajstić information content (AvgIpc) is 2.92. The molecular weight excluding hydrogens is 603 g/mol. The van der Waals surface area contributed by atoms with Gasteiger partial charge in [-0.2, -0.15) is 27.1 Å². The van der Waals surface area contributed by atoms with Crippen LogP contribution in [0.5, 0.6) is 0 Å². The molecule has 0 spiro atoms. The van der Waals surface area contributed by atoms with Gasteiger partial charge in [0.1, 0.15) is 17.6 Å². The number of H-pyrrole nitrogens is 1. The predicted molar refractivity (Wildman–Crippen MR) is 133 cm³/mol. The van der Waals surface area contributed by atoms with Crippen LogP contribution in [-0.2, 0) is 17.5 Å². The number of nitrogens with zero attached hydrogens (tertiary/aromatic N) is 4. The highest BCUT2D eigenvalue weighted by Gasteiger charge is 2.38. The van der Waals surface area contributed by atoms with Gasteiger partial charge in [0, 0.05) is 25.0 Å². The minimum atomic E-state index is -5.17. The Labute approximate surface area is 234 Å². The molecule has 2 N–H and O–H groups in total. The number of hydrogen-bond donors (Lipinski definition) is 2. The van der Waals surface area contributed by atoms with Gasteiger partial charge in [-0.25, -0.2) is 32.6 Å². The largest absolute Gasteiger partial charge is 0.423 e. The zero-order valence-corrected chi connectivity index (χ0v) is 21.4. The number of aromatic amines is 1. The van der Waals surface area contributed by atoms with Crippen molar-refractivity contribution in [1.29, 1.82) is 0 Å². The number of alkyl halides is 8. The van der Waals surface area contributed by atoms with E-state index in [1.165, 1.54) is 12.1 Å². The molecule has 0 aliphatic carbocycles. The van der Waals surface area contributed by atoms with Gasteiger partial charge in [0.2, 0.25) is 0 Å². The molecule has 2 atom stereocenters. The van der Waals surface area contributed by atoms with Crippen molar-refractivity contribution >= 4 is 16.5 Å². The van der Waals surface area contributed by atoms with E-state index >= 15 is 4.39 Å². The summed E-state index contributed by atoms with van der Waals surface area (Å²) in [6.07, 6.45) is -7.46. The molecule has 0 radical (unpaired) electrons. The summed E-state index contributed by atoms with van der Waals surface area (Å²) in [4.78, 5) is 32.1. The Kier molecular flexibility index (Phi) is 9.37. The van der Waals surface area contributed by atoms with Crippen molar-refractivity contribution in [2.24, 2.45) is 0 Å². The van der Waals surface area contributed by atoms with Crippen molar-refractivity contribution in [3.05, 3.63) is 80.6 Å². The summed E-state index contributed by atoms with van der Waals surface area (Å²) in [5, 5.41) is 6.96. The number of fused-ring (bicyclic) bond motifs is 1. The minimum Gasteiger partial charge on any atom is -0.378 e. The first-order valence-corrected chi connectivity index (χ1v) is 12.1. The number of pyridine rings is 1. The molecular formula is C25H19F9N6O3. The molecule has 0 aliphatic rings. The van der Waals surface area contributed by atoms with Crippen molar-refractivity contribution in [2.45, 2.75) is 44.4 Å². The van der Waals surface area contributed by atoms with Crippen LogP contribution in [-0.4, -0.2) is 50.2 Å². The minimum absolute atomic E-state index is 0.168. The van der Waals surface area contributed by atoms with Crippen LogP contribution in [0.15, 0.2) is 52.6 Å². The summed E-state index contributed by atoms with van der Waals surface area (Å²) in [6, 6.07) is 1.78. The predicted octanol–water partition coefficient (Wildman–Crippen LogP) is 5.09. The smallest absolute Gasteiger partial charge is 0.378 e. The number of rotatable bonds is 11. The van der Waals surface area contributed by atoms with E-state index in [-0.39, 0.29) is 22.2 Å². The van der Waals surface area contributed by atoms with Gasteiger partial charge in [0.25, 0.3) is 17.5 Å². The summed E-state index contributed by atoms with van der Waals surface area (Å²) < 4.78 is 126.